The first kappa shape index (κ1) is 25.8. The molecule has 3 amide bonds. The lowest BCUT2D eigenvalue weighted by Crippen LogP contribution is -2.40. The van der Waals surface area contributed by atoms with Gasteiger partial charge in [-0.15, -0.1) is 11.3 Å². The minimum Gasteiger partial charge on any atom is -0.497 e. The van der Waals surface area contributed by atoms with Gasteiger partial charge in [0.15, 0.2) is 5.13 Å². The highest BCUT2D eigenvalue weighted by Gasteiger charge is 2.21. The van der Waals surface area contributed by atoms with Gasteiger partial charge in [-0.3, -0.25) is 19.4 Å². The Labute approximate surface area is 208 Å². The van der Waals surface area contributed by atoms with E-state index in [0.717, 1.165) is 5.56 Å². The van der Waals surface area contributed by atoms with Crippen molar-refractivity contribution in [1.29, 1.82) is 0 Å². The van der Waals surface area contributed by atoms with Crippen LogP contribution in [0.25, 0.3) is 0 Å². The first-order valence-corrected chi connectivity index (χ1v) is 12.0. The highest BCUT2D eigenvalue weighted by molar-refractivity contribution is 7.13. The summed E-state index contributed by atoms with van der Waals surface area (Å²) in [5.74, 6) is 0.0722. The van der Waals surface area contributed by atoms with Crippen LogP contribution in [0.2, 0.25) is 0 Å². The third kappa shape index (κ3) is 8.18. The average molecular weight is 496 g/mol. The zero-order valence-electron chi connectivity index (χ0n) is 20.0. The first-order chi connectivity index (χ1) is 16.8. The topological polar surface area (TPSA) is 114 Å². The largest absolute Gasteiger partial charge is 0.497 e. The average Bonchev–Trinajstić information content (AvgIpc) is 3.28. The highest BCUT2D eigenvalue weighted by Crippen LogP contribution is 2.17. The van der Waals surface area contributed by atoms with E-state index in [2.05, 4.69) is 20.6 Å². The number of hydrogen-bond acceptors (Lipinski definition) is 7. The van der Waals surface area contributed by atoms with Crippen molar-refractivity contribution >= 4 is 34.2 Å². The molecule has 3 rings (SSSR count). The van der Waals surface area contributed by atoms with E-state index < -0.39 is 0 Å². The molecule has 1 aromatic carbocycles. The molecule has 10 heteroatoms. The Morgan fingerprint density at radius 2 is 1.89 bits per heavy atom. The van der Waals surface area contributed by atoms with Gasteiger partial charge in [0.05, 0.1) is 19.2 Å². The third-order valence-electron chi connectivity index (χ3n) is 4.90. The monoisotopic (exact) mass is 495 g/mol. The lowest BCUT2D eigenvalue weighted by Gasteiger charge is -2.24. The second kappa shape index (κ2) is 12.6. The van der Waals surface area contributed by atoms with Crippen LogP contribution in [0.1, 0.15) is 35.5 Å². The van der Waals surface area contributed by atoms with Crippen molar-refractivity contribution in [3.8, 4) is 5.75 Å². The summed E-state index contributed by atoms with van der Waals surface area (Å²) >= 11 is 1.23. The quantitative estimate of drug-likeness (QED) is 0.423. The molecule has 0 radical (unpaired) electrons. The van der Waals surface area contributed by atoms with Gasteiger partial charge in [0.25, 0.3) is 5.91 Å². The number of amides is 3. The second-order valence-corrected chi connectivity index (χ2v) is 9.17. The van der Waals surface area contributed by atoms with Gasteiger partial charge in [-0.2, -0.15) is 0 Å². The van der Waals surface area contributed by atoms with Crippen LogP contribution in [0, 0.1) is 5.92 Å². The van der Waals surface area contributed by atoms with Crippen LogP contribution in [0.4, 0.5) is 5.13 Å². The summed E-state index contributed by atoms with van der Waals surface area (Å²) in [5.41, 5.74) is 1.94. The molecule has 2 heterocycles. The molecule has 35 heavy (non-hydrogen) atoms. The number of hydrogen-bond donors (Lipinski definition) is 2. The number of methoxy groups -OCH3 is 1. The fourth-order valence-corrected chi connectivity index (χ4v) is 4.01. The minimum absolute atomic E-state index is 0.0993. The van der Waals surface area contributed by atoms with Gasteiger partial charge in [-0.1, -0.05) is 19.9 Å². The van der Waals surface area contributed by atoms with Crippen molar-refractivity contribution in [3.05, 3.63) is 71.0 Å². The van der Waals surface area contributed by atoms with Crippen LogP contribution in [0.5, 0.6) is 5.75 Å². The molecule has 0 saturated carbocycles. The molecule has 0 aliphatic heterocycles. The molecule has 0 bridgehead atoms. The number of pyridine rings is 1. The molecule has 0 atom stereocenters. The summed E-state index contributed by atoms with van der Waals surface area (Å²) in [6.45, 7) is 4.67. The normalized spacial score (nSPS) is 10.6. The van der Waals surface area contributed by atoms with Crippen LogP contribution in [0.15, 0.2) is 54.2 Å². The van der Waals surface area contributed by atoms with E-state index in [1.165, 1.54) is 16.2 Å². The molecule has 0 aliphatic rings. The molecular weight excluding hydrogens is 466 g/mol. The Morgan fingerprint density at radius 3 is 2.54 bits per heavy atom. The van der Waals surface area contributed by atoms with Gasteiger partial charge in [0, 0.05) is 36.4 Å². The minimum atomic E-state index is -0.352. The zero-order valence-corrected chi connectivity index (χ0v) is 20.8. The standard InChI is InChI=1S/C25H29N5O4S/c1-17(2)14-30(24(33)19-6-8-21(34-3)9-7-19)15-23(32)29-25-28-20(16-35-25)11-22(31)27-13-18-5-4-10-26-12-18/h4-10,12,16-17H,11,13-15H2,1-3H3,(H,27,31)(H,28,29,32). The number of nitrogens with one attached hydrogen (secondary N) is 2. The van der Waals surface area contributed by atoms with Crippen molar-refractivity contribution in [3.63, 3.8) is 0 Å². The Kier molecular flexibility index (Phi) is 9.31. The number of benzene rings is 1. The van der Waals surface area contributed by atoms with Crippen molar-refractivity contribution < 1.29 is 19.1 Å². The molecule has 0 fully saturated rings. The fourth-order valence-electron chi connectivity index (χ4n) is 3.28. The third-order valence-corrected chi connectivity index (χ3v) is 5.70. The van der Waals surface area contributed by atoms with E-state index in [-0.39, 0.29) is 36.6 Å². The summed E-state index contributed by atoms with van der Waals surface area (Å²) in [7, 11) is 1.56. The molecule has 9 nitrogen and oxygen atoms in total. The second-order valence-electron chi connectivity index (χ2n) is 8.31. The maximum Gasteiger partial charge on any atom is 0.254 e. The van der Waals surface area contributed by atoms with E-state index in [1.807, 2.05) is 26.0 Å². The van der Waals surface area contributed by atoms with Gasteiger partial charge in [0.2, 0.25) is 11.8 Å². The van der Waals surface area contributed by atoms with Crippen LogP contribution < -0.4 is 15.4 Å². The van der Waals surface area contributed by atoms with E-state index in [9.17, 15) is 14.4 Å². The number of nitrogens with zero attached hydrogens (tertiary/aromatic N) is 3. The molecule has 3 aromatic rings. The van der Waals surface area contributed by atoms with E-state index >= 15 is 0 Å². The first-order valence-electron chi connectivity index (χ1n) is 11.2. The maximum atomic E-state index is 13.0. The van der Waals surface area contributed by atoms with E-state index in [1.54, 1.807) is 49.1 Å². The van der Waals surface area contributed by atoms with Gasteiger partial charge >= 0.3 is 0 Å². The number of aromatic nitrogens is 2. The Balaban J connectivity index is 1.54. The molecule has 2 aromatic heterocycles. The van der Waals surface area contributed by atoms with Gasteiger partial charge < -0.3 is 20.3 Å². The molecule has 184 valence electrons. The lowest BCUT2D eigenvalue weighted by molar-refractivity contribution is -0.120. The van der Waals surface area contributed by atoms with Crippen LogP contribution in [-0.4, -0.2) is 52.8 Å². The van der Waals surface area contributed by atoms with E-state index in [4.69, 9.17) is 4.74 Å². The molecule has 0 spiro atoms. The smallest absolute Gasteiger partial charge is 0.254 e. The summed E-state index contributed by atoms with van der Waals surface area (Å²) in [6.07, 6.45) is 3.47. The zero-order chi connectivity index (χ0) is 25.2. The van der Waals surface area contributed by atoms with Gasteiger partial charge in [0.1, 0.15) is 12.3 Å². The Bertz CT molecular complexity index is 1130. The SMILES string of the molecule is COc1ccc(C(=O)N(CC(=O)Nc2nc(CC(=O)NCc3cccnc3)cs2)CC(C)C)cc1. The highest BCUT2D eigenvalue weighted by atomic mass is 32.1. The van der Waals surface area contributed by atoms with Gasteiger partial charge in [-0.05, 0) is 41.8 Å². The Morgan fingerprint density at radius 1 is 1.11 bits per heavy atom. The number of thiazole rings is 1. The predicted octanol–water partition coefficient (Wildman–Crippen LogP) is 3.14. The summed E-state index contributed by atoms with van der Waals surface area (Å²) < 4.78 is 5.14. The molecule has 0 unspecified atom stereocenters. The fraction of sp³-hybridized carbons (Fsp3) is 0.320. The van der Waals surface area contributed by atoms with Crippen molar-refractivity contribution in [1.82, 2.24) is 20.2 Å². The van der Waals surface area contributed by atoms with Crippen molar-refractivity contribution in [2.24, 2.45) is 5.92 Å². The lowest BCUT2D eigenvalue weighted by atomic mass is 10.1. The summed E-state index contributed by atoms with van der Waals surface area (Å²) in [6, 6.07) is 10.5. The van der Waals surface area contributed by atoms with Crippen LogP contribution in [0.3, 0.4) is 0 Å². The van der Waals surface area contributed by atoms with Crippen molar-refractivity contribution in [2.75, 3.05) is 25.5 Å². The number of rotatable bonds is 11. The van der Waals surface area contributed by atoms with Gasteiger partial charge in [-0.25, -0.2) is 4.98 Å². The van der Waals surface area contributed by atoms with Crippen LogP contribution in [-0.2, 0) is 22.6 Å². The maximum absolute atomic E-state index is 13.0. The predicted molar refractivity (Wildman–Crippen MR) is 134 cm³/mol. The number of carbonyl (C=O) groups is 3. The summed E-state index contributed by atoms with van der Waals surface area (Å²) in [5, 5.41) is 7.67. The van der Waals surface area contributed by atoms with Crippen molar-refractivity contribution in [2.45, 2.75) is 26.8 Å². The van der Waals surface area contributed by atoms with E-state index in [0.29, 0.717) is 35.2 Å². The Hall–Kier alpha value is -3.79. The summed E-state index contributed by atoms with van der Waals surface area (Å²) in [4.78, 5) is 47.8. The molecule has 0 aliphatic carbocycles. The number of ether oxygens (including phenoxy) is 1. The number of anilines is 1. The molecule has 0 saturated heterocycles. The number of carbonyl (C=O) groups excluding carboxylic acids is 3. The molecule has 2 N–H and O–H groups in total. The molecular formula is C25H29N5O4S. The van der Waals surface area contributed by atoms with Crippen LogP contribution >= 0.6 is 11.3 Å².